The summed E-state index contributed by atoms with van der Waals surface area (Å²) >= 11 is 0. The Bertz CT molecular complexity index is 1550. The maximum absolute atomic E-state index is 12.2. The van der Waals surface area contributed by atoms with E-state index in [0.29, 0.717) is 11.1 Å². The summed E-state index contributed by atoms with van der Waals surface area (Å²) in [6.45, 7) is 0. The number of carbonyl (C=O) groups excluding carboxylic acids is 1. The highest BCUT2D eigenvalue weighted by Crippen LogP contribution is 2.35. The molecule has 0 amide bonds. The molecule has 200 valence electrons. The third-order valence-electron chi connectivity index (χ3n) is 5.51. The maximum Gasteiger partial charge on any atom is 0.519 e. The predicted molar refractivity (Wildman–Crippen MR) is 137 cm³/mol. The van der Waals surface area contributed by atoms with Crippen molar-refractivity contribution >= 4 is 28.9 Å². The molecule has 0 radical (unpaired) electrons. The van der Waals surface area contributed by atoms with Gasteiger partial charge in [0.25, 0.3) is 22.7 Å². The average molecular weight is 546 g/mol. The van der Waals surface area contributed by atoms with Crippen molar-refractivity contribution < 1.29 is 34.0 Å². The molecule has 0 saturated carbocycles. The number of rotatable bonds is 8. The van der Waals surface area contributed by atoms with Crippen molar-refractivity contribution in [3.63, 3.8) is 0 Å². The van der Waals surface area contributed by atoms with Crippen LogP contribution in [0.5, 0.6) is 11.5 Å². The summed E-state index contributed by atoms with van der Waals surface area (Å²) in [7, 11) is 0. The molecule has 0 fully saturated rings. The van der Waals surface area contributed by atoms with Gasteiger partial charge in [-0.1, -0.05) is 24.3 Å². The van der Waals surface area contributed by atoms with Gasteiger partial charge < -0.3 is 9.47 Å². The zero-order chi connectivity index (χ0) is 29.0. The molecule has 15 heteroatoms. The quantitative estimate of drug-likeness (QED) is 0.105. The molecule has 0 bridgehead atoms. The summed E-state index contributed by atoms with van der Waals surface area (Å²) in [6.07, 6.45) is -1.12. The number of carbonyl (C=O) groups is 1. The van der Waals surface area contributed by atoms with Gasteiger partial charge in [0.05, 0.1) is 43.0 Å². The normalized spacial score (nSPS) is 10.4. The van der Waals surface area contributed by atoms with Crippen molar-refractivity contribution in [2.45, 2.75) is 0 Å². The first kappa shape index (κ1) is 26.8. The molecule has 0 atom stereocenters. The first-order valence-electron chi connectivity index (χ1n) is 11.0. The molecular weight excluding hydrogens is 532 g/mol. The second-order valence-corrected chi connectivity index (χ2v) is 7.93. The zero-order valence-corrected chi connectivity index (χ0v) is 19.9. The van der Waals surface area contributed by atoms with E-state index in [2.05, 4.69) is 0 Å². The number of nitro groups is 4. The molecule has 0 spiro atoms. The van der Waals surface area contributed by atoms with E-state index >= 15 is 0 Å². The molecule has 0 heterocycles. The Morgan fingerprint density at radius 2 is 0.850 bits per heavy atom. The number of ether oxygens (including phenoxy) is 2. The number of nitrogens with zero attached hydrogens (tertiary/aromatic N) is 4. The lowest BCUT2D eigenvalue weighted by atomic mass is 10.0. The van der Waals surface area contributed by atoms with Gasteiger partial charge in [0.1, 0.15) is 11.5 Å². The Balaban J connectivity index is 1.45. The predicted octanol–water partition coefficient (Wildman–Crippen LogP) is 6.23. The van der Waals surface area contributed by atoms with Crippen LogP contribution in [0.1, 0.15) is 0 Å². The maximum atomic E-state index is 12.2. The summed E-state index contributed by atoms with van der Waals surface area (Å²) in [5.41, 5.74) is -0.864. The lowest BCUT2D eigenvalue weighted by Crippen LogP contribution is -2.13. The Kier molecular flexibility index (Phi) is 7.38. The van der Waals surface area contributed by atoms with Crippen LogP contribution in [-0.4, -0.2) is 25.8 Å². The number of hydrogen-bond acceptors (Lipinski definition) is 11. The van der Waals surface area contributed by atoms with Crippen molar-refractivity contribution in [2.75, 3.05) is 0 Å². The van der Waals surface area contributed by atoms with Gasteiger partial charge in [-0.15, -0.1) is 0 Å². The fourth-order valence-electron chi connectivity index (χ4n) is 3.68. The number of hydrogen-bond donors (Lipinski definition) is 0. The van der Waals surface area contributed by atoms with Crippen molar-refractivity contribution in [3.8, 4) is 33.8 Å². The molecule has 40 heavy (non-hydrogen) atoms. The van der Waals surface area contributed by atoms with Gasteiger partial charge in [0, 0.05) is 12.1 Å². The van der Waals surface area contributed by atoms with Crippen LogP contribution in [-0.2, 0) is 0 Å². The van der Waals surface area contributed by atoms with Crippen molar-refractivity contribution in [3.05, 3.63) is 125 Å². The first-order valence-corrected chi connectivity index (χ1v) is 11.0. The molecule has 4 aromatic carbocycles. The molecule has 4 rings (SSSR count). The van der Waals surface area contributed by atoms with E-state index in [9.17, 15) is 45.3 Å². The average Bonchev–Trinajstić information content (AvgIpc) is 2.93. The Labute approximate surface area is 222 Å². The summed E-state index contributed by atoms with van der Waals surface area (Å²) in [5, 5.41) is 44.6. The highest BCUT2D eigenvalue weighted by molar-refractivity contribution is 5.77. The van der Waals surface area contributed by atoms with Crippen LogP contribution >= 0.6 is 0 Å². The highest BCUT2D eigenvalue weighted by Gasteiger charge is 2.22. The zero-order valence-electron chi connectivity index (χ0n) is 19.9. The van der Waals surface area contributed by atoms with Gasteiger partial charge >= 0.3 is 6.16 Å². The van der Waals surface area contributed by atoms with Gasteiger partial charge in [0.15, 0.2) is 0 Å². The SMILES string of the molecule is O=C(Oc1ccc(-c2ccc([N+](=O)[O-])cc2[N+](=O)[O-])cc1)Oc1ccc(-c2ccc([N+](=O)[O-])cc2[N+](=O)[O-])cc1. The lowest BCUT2D eigenvalue weighted by Gasteiger charge is -2.08. The topological polar surface area (TPSA) is 208 Å². The molecule has 0 aliphatic heterocycles. The first-order chi connectivity index (χ1) is 19.0. The third kappa shape index (κ3) is 5.83. The van der Waals surface area contributed by atoms with Crippen molar-refractivity contribution in [1.82, 2.24) is 0 Å². The molecule has 0 unspecified atom stereocenters. The van der Waals surface area contributed by atoms with Crippen LogP contribution in [0.25, 0.3) is 22.3 Å². The second-order valence-electron chi connectivity index (χ2n) is 7.93. The smallest absolute Gasteiger partial charge is 0.395 e. The van der Waals surface area contributed by atoms with E-state index in [1.165, 1.54) is 60.7 Å². The minimum Gasteiger partial charge on any atom is -0.395 e. The lowest BCUT2D eigenvalue weighted by molar-refractivity contribution is -0.394. The molecule has 0 aromatic heterocycles. The standard InChI is InChI=1S/C25H14N4O11/c30-25(39-19-7-1-15(2-8-19)21-11-5-17(26(31)32)13-23(21)28(35)36)40-20-9-3-16(4-10-20)22-12-6-18(27(33)34)14-24(22)29(37)38/h1-14H. The third-order valence-corrected chi connectivity index (χ3v) is 5.51. The van der Waals surface area contributed by atoms with Crippen LogP contribution in [0.15, 0.2) is 84.9 Å². The number of non-ortho nitro benzene ring substituents is 2. The van der Waals surface area contributed by atoms with E-state index in [-0.39, 0.29) is 22.6 Å². The summed E-state index contributed by atoms with van der Waals surface area (Å²) < 4.78 is 10.2. The molecule has 0 aliphatic rings. The van der Waals surface area contributed by atoms with Crippen LogP contribution < -0.4 is 9.47 Å². The molecular formula is C25H14N4O11. The molecule has 15 nitrogen and oxygen atoms in total. The monoisotopic (exact) mass is 546 g/mol. The van der Waals surface area contributed by atoms with Gasteiger partial charge in [-0.25, -0.2) is 4.79 Å². The summed E-state index contributed by atoms with van der Waals surface area (Å²) in [6, 6.07) is 17.5. The fourth-order valence-corrected chi connectivity index (χ4v) is 3.68. The van der Waals surface area contributed by atoms with Crippen LogP contribution in [0.3, 0.4) is 0 Å². The minimum absolute atomic E-state index is 0.0384. The van der Waals surface area contributed by atoms with Gasteiger partial charge in [-0.05, 0) is 47.5 Å². The summed E-state index contributed by atoms with van der Waals surface area (Å²) in [4.78, 5) is 53.9. The second kappa shape index (κ2) is 11.0. The summed E-state index contributed by atoms with van der Waals surface area (Å²) in [5.74, 6) is 0.0767. The van der Waals surface area contributed by atoms with E-state index in [1.807, 2.05) is 0 Å². The van der Waals surface area contributed by atoms with E-state index < -0.39 is 48.6 Å². The van der Waals surface area contributed by atoms with Gasteiger partial charge in [0.2, 0.25) is 0 Å². The van der Waals surface area contributed by atoms with Crippen LogP contribution in [0.2, 0.25) is 0 Å². The molecule has 0 saturated heterocycles. The largest absolute Gasteiger partial charge is 0.519 e. The van der Waals surface area contributed by atoms with Crippen molar-refractivity contribution in [2.24, 2.45) is 0 Å². The number of nitro benzene ring substituents is 4. The van der Waals surface area contributed by atoms with Gasteiger partial charge in [-0.3, -0.25) is 40.5 Å². The van der Waals surface area contributed by atoms with Crippen molar-refractivity contribution in [1.29, 1.82) is 0 Å². The molecule has 4 aromatic rings. The Morgan fingerprint density at radius 3 is 1.15 bits per heavy atom. The van der Waals surface area contributed by atoms with Gasteiger partial charge in [-0.2, -0.15) is 0 Å². The van der Waals surface area contributed by atoms with E-state index in [4.69, 9.17) is 9.47 Å². The van der Waals surface area contributed by atoms with E-state index in [0.717, 1.165) is 24.3 Å². The minimum atomic E-state index is -1.12. The number of benzene rings is 4. The molecule has 0 N–H and O–H groups in total. The molecule has 0 aliphatic carbocycles. The Morgan fingerprint density at radius 1 is 0.500 bits per heavy atom. The van der Waals surface area contributed by atoms with E-state index in [1.54, 1.807) is 0 Å². The van der Waals surface area contributed by atoms with Crippen LogP contribution in [0, 0.1) is 40.5 Å². The fraction of sp³-hybridized carbons (Fsp3) is 0. The Hall–Kier alpha value is -6.25. The highest BCUT2D eigenvalue weighted by atomic mass is 16.7. The van der Waals surface area contributed by atoms with Crippen LogP contribution in [0.4, 0.5) is 27.5 Å².